The largest absolute Gasteiger partial charge is 0.437 e. The van der Waals surface area contributed by atoms with E-state index in [1.807, 2.05) is 59.7 Å². The number of amides is 2. The van der Waals surface area contributed by atoms with Crippen molar-refractivity contribution in [1.82, 2.24) is 4.98 Å². The van der Waals surface area contributed by atoms with Crippen LogP contribution in [-0.4, -0.2) is 16.8 Å². The second kappa shape index (κ2) is 8.89. The normalized spacial score (nSPS) is 11.2. The number of pyridine rings is 1. The molecule has 7 heteroatoms. The Labute approximate surface area is 186 Å². The van der Waals surface area contributed by atoms with Crippen LogP contribution in [0, 0.1) is 26.2 Å². The second-order valence-electron chi connectivity index (χ2n) is 8.44. The Morgan fingerprint density at radius 3 is 2.45 bits per heavy atom. The highest BCUT2D eigenvalue weighted by Gasteiger charge is 2.23. The van der Waals surface area contributed by atoms with Crippen molar-refractivity contribution in [2.45, 2.75) is 41.5 Å². The standard InChI is InChI=1S/C24H27N3O3S/c1-14-9-7-11-18(16(14)3)30-22-17(10-8-12-25-22)26-21(28)20-15(2)13-19(31-20)27-23(29)24(4,5)6/h7-13H,1-6H3,(H,26,28)(H,27,29). The highest BCUT2D eigenvalue weighted by atomic mass is 32.1. The molecule has 0 fully saturated rings. The van der Waals surface area contributed by atoms with Crippen LogP contribution < -0.4 is 15.4 Å². The number of rotatable bonds is 5. The summed E-state index contributed by atoms with van der Waals surface area (Å²) in [6, 6.07) is 11.1. The molecule has 0 aliphatic carbocycles. The van der Waals surface area contributed by atoms with Gasteiger partial charge in [0.15, 0.2) is 0 Å². The molecule has 6 nitrogen and oxygen atoms in total. The van der Waals surface area contributed by atoms with Gasteiger partial charge in [0, 0.05) is 11.6 Å². The van der Waals surface area contributed by atoms with Gasteiger partial charge in [-0.3, -0.25) is 9.59 Å². The molecule has 3 rings (SSSR count). The average Bonchev–Trinajstić information content (AvgIpc) is 3.06. The zero-order valence-electron chi connectivity index (χ0n) is 18.6. The molecule has 0 aliphatic rings. The molecule has 162 valence electrons. The van der Waals surface area contributed by atoms with E-state index in [-0.39, 0.29) is 11.8 Å². The Hall–Kier alpha value is -3.19. The molecular formula is C24H27N3O3S. The van der Waals surface area contributed by atoms with E-state index in [0.29, 0.717) is 27.2 Å². The van der Waals surface area contributed by atoms with Gasteiger partial charge in [0.2, 0.25) is 11.8 Å². The molecule has 0 atom stereocenters. The van der Waals surface area contributed by atoms with Crippen LogP contribution in [0.3, 0.4) is 0 Å². The number of thiophene rings is 1. The van der Waals surface area contributed by atoms with E-state index < -0.39 is 5.41 Å². The molecule has 0 unspecified atom stereocenters. The predicted octanol–water partition coefficient (Wildman–Crippen LogP) is 6.10. The van der Waals surface area contributed by atoms with Gasteiger partial charge in [-0.15, -0.1) is 11.3 Å². The van der Waals surface area contributed by atoms with E-state index in [0.717, 1.165) is 16.7 Å². The number of benzene rings is 1. The smallest absolute Gasteiger partial charge is 0.266 e. The lowest BCUT2D eigenvalue weighted by Gasteiger charge is -2.16. The zero-order valence-corrected chi connectivity index (χ0v) is 19.4. The van der Waals surface area contributed by atoms with E-state index in [2.05, 4.69) is 15.6 Å². The maximum Gasteiger partial charge on any atom is 0.266 e. The molecule has 2 amide bonds. The molecule has 31 heavy (non-hydrogen) atoms. The van der Waals surface area contributed by atoms with Crippen LogP contribution in [0.4, 0.5) is 10.7 Å². The SMILES string of the molecule is Cc1cc(NC(=O)C(C)(C)C)sc1C(=O)Nc1cccnc1Oc1cccc(C)c1C. The first kappa shape index (κ1) is 22.5. The lowest BCUT2D eigenvalue weighted by Crippen LogP contribution is -2.27. The van der Waals surface area contributed by atoms with Crippen LogP contribution in [-0.2, 0) is 4.79 Å². The van der Waals surface area contributed by atoms with E-state index in [1.54, 1.807) is 24.4 Å². The summed E-state index contributed by atoms with van der Waals surface area (Å²) in [5, 5.41) is 6.41. The van der Waals surface area contributed by atoms with Gasteiger partial charge in [0.05, 0.1) is 9.88 Å². The number of nitrogens with one attached hydrogen (secondary N) is 2. The van der Waals surface area contributed by atoms with Crippen molar-refractivity contribution in [3.05, 3.63) is 64.2 Å². The Kier molecular flexibility index (Phi) is 6.45. The molecule has 0 saturated heterocycles. The lowest BCUT2D eigenvalue weighted by atomic mass is 9.96. The zero-order chi connectivity index (χ0) is 22.8. The summed E-state index contributed by atoms with van der Waals surface area (Å²) < 4.78 is 6.00. The minimum absolute atomic E-state index is 0.0998. The van der Waals surface area contributed by atoms with Crippen LogP contribution in [0.1, 0.15) is 47.1 Å². The molecule has 2 heterocycles. The monoisotopic (exact) mass is 437 g/mol. The van der Waals surface area contributed by atoms with Gasteiger partial charge in [0.1, 0.15) is 11.4 Å². The van der Waals surface area contributed by atoms with Crippen LogP contribution in [0.25, 0.3) is 0 Å². The van der Waals surface area contributed by atoms with Gasteiger partial charge in [-0.1, -0.05) is 32.9 Å². The number of nitrogens with zero attached hydrogens (tertiary/aromatic N) is 1. The maximum atomic E-state index is 13.0. The van der Waals surface area contributed by atoms with Crippen molar-refractivity contribution < 1.29 is 14.3 Å². The van der Waals surface area contributed by atoms with Gasteiger partial charge in [-0.2, -0.15) is 0 Å². The van der Waals surface area contributed by atoms with Crippen molar-refractivity contribution in [2.75, 3.05) is 10.6 Å². The van der Waals surface area contributed by atoms with Crippen molar-refractivity contribution in [3.8, 4) is 11.6 Å². The van der Waals surface area contributed by atoms with E-state index in [4.69, 9.17) is 4.74 Å². The fraction of sp³-hybridized carbons (Fsp3) is 0.292. The van der Waals surface area contributed by atoms with Gasteiger partial charge in [-0.05, 0) is 61.7 Å². The van der Waals surface area contributed by atoms with Crippen molar-refractivity contribution in [3.63, 3.8) is 0 Å². The molecule has 0 saturated carbocycles. The molecule has 0 bridgehead atoms. The Morgan fingerprint density at radius 2 is 1.74 bits per heavy atom. The highest BCUT2D eigenvalue weighted by molar-refractivity contribution is 7.18. The van der Waals surface area contributed by atoms with Crippen molar-refractivity contribution in [1.29, 1.82) is 0 Å². The van der Waals surface area contributed by atoms with Gasteiger partial charge >= 0.3 is 0 Å². The van der Waals surface area contributed by atoms with Crippen LogP contribution >= 0.6 is 11.3 Å². The molecule has 1 aromatic carbocycles. The van der Waals surface area contributed by atoms with Crippen molar-refractivity contribution in [2.24, 2.45) is 5.41 Å². The molecule has 2 aromatic heterocycles. The third kappa shape index (κ3) is 5.30. The van der Waals surface area contributed by atoms with Crippen LogP contribution in [0.5, 0.6) is 11.6 Å². The second-order valence-corrected chi connectivity index (χ2v) is 9.49. The molecular weight excluding hydrogens is 410 g/mol. The fourth-order valence-corrected chi connectivity index (χ4v) is 3.72. The first-order valence-electron chi connectivity index (χ1n) is 9.98. The third-order valence-corrected chi connectivity index (χ3v) is 5.97. The molecule has 2 N–H and O–H groups in total. The fourth-order valence-electron chi connectivity index (χ4n) is 2.75. The summed E-state index contributed by atoms with van der Waals surface area (Å²) in [6.07, 6.45) is 1.62. The van der Waals surface area contributed by atoms with Crippen molar-refractivity contribution >= 4 is 33.8 Å². The van der Waals surface area contributed by atoms with Gasteiger partial charge in [-0.25, -0.2) is 4.98 Å². The minimum Gasteiger partial charge on any atom is -0.437 e. The number of ether oxygens (including phenoxy) is 1. The highest BCUT2D eigenvalue weighted by Crippen LogP contribution is 2.32. The summed E-state index contributed by atoms with van der Waals surface area (Å²) in [5.41, 5.74) is 2.86. The summed E-state index contributed by atoms with van der Waals surface area (Å²) >= 11 is 1.24. The van der Waals surface area contributed by atoms with Crippen LogP contribution in [0.2, 0.25) is 0 Å². The molecule has 0 radical (unpaired) electrons. The summed E-state index contributed by atoms with van der Waals surface area (Å²) in [5.74, 6) is 0.628. The maximum absolute atomic E-state index is 13.0. The summed E-state index contributed by atoms with van der Waals surface area (Å²) in [7, 11) is 0. The van der Waals surface area contributed by atoms with E-state index >= 15 is 0 Å². The minimum atomic E-state index is -0.518. The average molecular weight is 438 g/mol. The first-order chi connectivity index (χ1) is 14.6. The van der Waals surface area contributed by atoms with Gasteiger partial charge in [0.25, 0.3) is 5.91 Å². The Balaban J connectivity index is 1.80. The summed E-state index contributed by atoms with van der Waals surface area (Å²) in [4.78, 5) is 30.0. The number of hydrogen-bond donors (Lipinski definition) is 2. The Morgan fingerprint density at radius 1 is 1.00 bits per heavy atom. The number of hydrogen-bond acceptors (Lipinski definition) is 5. The third-order valence-electron chi connectivity index (χ3n) is 4.82. The predicted molar refractivity (Wildman–Crippen MR) is 125 cm³/mol. The van der Waals surface area contributed by atoms with E-state index in [9.17, 15) is 9.59 Å². The number of carbonyl (C=O) groups is 2. The number of aromatic nitrogens is 1. The Bertz CT molecular complexity index is 1130. The van der Waals surface area contributed by atoms with Gasteiger partial charge < -0.3 is 15.4 Å². The van der Waals surface area contributed by atoms with E-state index in [1.165, 1.54) is 11.3 Å². The topological polar surface area (TPSA) is 80.3 Å². The lowest BCUT2D eigenvalue weighted by molar-refractivity contribution is -0.123. The quantitative estimate of drug-likeness (QED) is 0.505. The molecule has 3 aromatic rings. The molecule has 0 spiro atoms. The number of carbonyl (C=O) groups excluding carboxylic acids is 2. The molecule has 0 aliphatic heterocycles. The first-order valence-corrected chi connectivity index (χ1v) is 10.8. The van der Waals surface area contributed by atoms with Crippen LogP contribution in [0.15, 0.2) is 42.6 Å². The number of aryl methyl sites for hydroxylation is 2. The number of anilines is 2. The summed E-state index contributed by atoms with van der Waals surface area (Å²) in [6.45, 7) is 11.4.